The van der Waals surface area contributed by atoms with Gasteiger partial charge in [0, 0.05) is 44.4 Å². The van der Waals surface area contributed by atoms with E-state index in [0.717, 1.165) is 32.2 Å². The minimum Gasteiger partial charge on any atom is -0.314 e. The summed E-state index contributed by atoms with van der Waals surface area (Å²) in [6.07, 6.45) is 0. The molecule has 0 radical (unpaired) electrons. The van der Waals surface area contributed by atoms with Gasteiger partial charge < -0.3 is 5.32 Å². The van der Waals surface area contributed by atoms with Crippen LogP contribution in [0.5, 0.6) is 0 Å². The van der Waals surface area contributed by atoms with Crippen LogP contribution < -0.4 is 5.32 Å². The summed E-state index contributed by atoms with van der Waals surface area (Å²) < 4.78 is 13.6. The normalized spacial score (nSPS) is 16.1. The van der Waals surface area contributed by atoms with Crippen molar-refractivity contribution in [3.8, 4) is 0 Å². The Morgan fingerprint density at radius 1 is 1.39 bits per heavy atom. The van der Waals surface area contributed by atoms with E-state index in [1.165, 1.54) is 12.1 Å². The summed E-state index contributed by atoms with van der Waals surface area (Å²) >= 11 is 0. The molecule has 1 aliphatic rings. The minimum atomic E-state index is -0.586. The average molecular weight is 276 g/mol. The molecule has 18 heavy (non-hydrogen) atoms. The molecule has 0 aliphatic carbocycles. The number of halogens is 2. The van der Waals surface area contributed by atoms with E-state index in [9.17, 15) is 14.5 Å². The van der Waals surface area contributed by atoms with E-state index in [1.807, 2.05) is 0 Å². The van der Waals surface area contributed by atoms with Crippen molar-refractivity contribution in [3.05, 3.63) is 39.7 Å². The molecule has 0 saturated carbocycles. The van der Waals surface area contributed by atoms with E-state index >= 15 is 0 Å². The lowest BCUT2D eigenvalue weighted by molar-refractivity contribution is -0.385. The molecule has 2 rings (SSSR count). The highest BCUT2D eigenvalue weighted by Crippen LogP contribution is 2.18. The number of nitrogens with one attached hydrogen (secondary N) is 1. The van der Waals surface area contributed by atoms with Gasteiger partial charge in [0.05, 0.1) is 11.0 Å². The lowest BCUT2D eigenvalue weighted by Crippen LogP contribution is -2.43. The van der Waals surface area contributed by atoms with Gasteiger partial charge in [-0.05, 0) is 6.07 Å². The Balaban J connectivity index is 0.00000162. The second-order valence-electron chi connectivity index (χ2n) is 4.06. The number of nitro benzene ring substituents is 1. The number of hydrogen-bond donors (Lipinski definition) is 1. The highest BCUT2D eigenvalue weighted by atomic mass is 35.5. The van der Waals surface area contributed by atoms with Crippen molar-refractivity contribution in [1.29, 1.82) is 0 Å². The van der Waals surface area contributed by atoms with Gasteiger partial charge in [-0.15, -0.1) is 12.4 Å². The first-order valence-corrected chi connectivity index (χ1v) is 5.53. The third-order valence-electron chi connectivity index (χ3n) is 2.85. The second kappa shape index (κ2) is 6.63. The molecule has 1 aromatic rings. The average Bonchev–Trinajstić information content (AvgIpc) is 2.33. The summed E-state index contributed by atoms with van der Waals surface area (Å²) in [5.74, 6) is -0.502. The van der Waals surface area contributed by atoms with E-state index in [1.54, 1.807) is 0 Å². The van der Waals surface area contributed by atoms with Gasteiger partial charge in [-0.2, -0.15) is 0 Å². The van der Waals surface area contributed by atoms with Gasteiger partial charge in [0.2, 0.25) is 0 Å². The summed E-state index contributed by atoms with van der Waals surface area (Å²) in [5.41, 5.74) is 0.309. The van der Waals surface area contributed by atoms with E-state index in [4.69, 9.17) is 0 Å². The van der Waals surface area contributed by atoms with Crippen LogP contribution in [-0.4, -0.2) is 36.0 Å². The van der Waals surface area contributed by atoms with Crippen LogP contribution in [0.1, 0.15) is 5.56 Å². The lowest BCUT2D eigenvalue weighted by atomic mass is 10.1. The van der Waals surface area contributed by atoms with Crippen LogP contribution in [0.3, 0.4) is 0 Å². The fourth-order valence-electron chi connectivity index (χ4n) is 1.89. The minimum absolute atomic E-state index is 0. The molecule has 1 saturated heterocycles. The van der Waals surface area contributed by atoms with Gasteiger partial charge in [-0.1, -0.05) is 0 Å². The SMILES string of the molecule is Cl.O=[N+]([O-])c1ccc(CN2CCNCC2)c(F)c1. The summed E-state index contributed by atoms with van der Waals surface area (Å²) in [7, 11) is 0. The summed E-state index contributed by atoms with van der Waals surface area (Å²) in [5, 5.41) is 13.7. The fraction of sp³-hybridized carbons (Fsp3) is 0.455. The predicted molar refractivity (Wildman–Crippen MR) is 68.4 cm³/mol. The quantitative estimate of drug-likeness (QED) is 0.672. The van der Waals surface area contributed by atoms with Crippen LogP contribution in [0, 0.1) is 15.9 Å². The van der Waals surface area contributed by atoms with Crippen molar-refractivity contribution < 1.29 is 9.31 Å². The molecule has 0 atom stereocenters. The third kappa shape index (κ3) is 3.63. The summed E-state index contributed by atoms with van der Waals surface area (Å²) in [4.78, 5) is 12.0. The van der Waals surface area contributed by atoms with Crippen molar-refractivity contribution in [3.63, 3.8) is 0 Å². The highest BCUT2D eigenvalue weighted by molar-refractivity contribution is 5.85. The van der Waals surface area contributed by atoms with Crippen LogP contribution >= 0.6 is 12.4 Å². The molecule has 0 unspecified atom stereocenters. The van der Waals surface area contributed by atoms with Crippen molar-refractivity contribution >= 4 is 18.1 Å². The fourth-order valence-corrected chi connectivity index (χ4v) is 1.89. The molecule has 0 spiro atoms. The van der Waals surface area contributed by atoms with Gasteiger partial charge in [0.15, 0.2) is 0 Å². The van der Waals surface area contributed by atoms with E-state index in [0.29, 0.717) is 12.1 Å². The number of nitrogens with zero attached hydrogens (tertiary/aromatic N) is 2. The highest BCUT2D eigenvalue weighted by Gasteiger charge is 2.15. The molecular weight excluding hydrogens is 261 g/mol. The Morgan fingerprint density at radius 2 is 2.06 bits per heavy atom. The molecule has 1 N–H and O–H groups in total. The topological polar surface area (TPSA) is 58.4 Å². The smallest absolute Gasteiger partial charge is 0.272 e. The van der Waals surface area contributed by atoms with E-state index in [2.05, 4.69) is 10.2 Å². The molecular formula is C11H15ClFN3O2. The maximum Gasteiger partial charge on any atom is 0.272 e. The van der Waals surface area contributed by atoms with Crippen LogP contribution in [0.2, 0.25) is 0 Å². The standard InChI is InChI=1S/C11H14FN3O2.ClH/c12-11-7-10(15(16)17)2-1-9(11)8-14-5-3-13-4-6-14;/h1-2,7,13H,3-6,8H2;1H. The molecule has 0 amide bonds. The first kappa shape index (κ1) is 14.8. The number of piperazine rings is 1. The van der Waals surface area contributed by atoms with E-state index < -0.39 is 10.7 Å². The number of benzene rings is 1. The van der Waals surface area contributed by atoms with Gasteiger partial charge >= 0.3 is 0 Å². The van der Waals surface area contributed by atoms with Crippen molar-refractivity contribution in [2.24, 2.45) is 0 Å². The first-order valence-electron chi connectivity index (χ1n) is 5.53. The van der Waals surface area contributed by atoms with Crippen molar-refractivity contribution in [1.82, 2.24) is 10.2 Å². The molecule has 1 aliphatic heterocycles. The van der Waals surface area contributed by atoms with E-state index in [-0.39, 0.29) is 18.1 Å². The van der Waals surface area contributed by atoms with Gasteiger partial charge in [-0.25, -0.2) is 4.39 Å². The van der Waals surface area contributed by atoms with Gasteiger partial charge in [0.25, 0.3) is 5.69 Å². The zero-order valence-corrected chi connectivity index (χ0v) is 10.6. The summed E-state index contributed by atoms with van der Waals surface area (Å²) in [6, 6.07) is 3.83. The van der Waals surface area contributed by atoms with Crippen LogP contribution in [-0.2, 0) is 6.54 Å². The molecule has 0 bridgehead atoms. The Bertz CT molecular complexity index is 425. The number of rotatable bonds is 3. The molecule has 0 aromatic heterocycles. The zero-order valence-electron chi connectivity index (χ0n) is 9.76. The summed E-state index contributed by atoms with van der Waals surface area (Å²) in [6.45, 7) is 4.04. The first-order chi connectivity index (χ1) is 8.16. The van der Waals surface area contributed by atoms with Crippen LogP contribution in [0.15, 0.2) is 18.2 Å². The monoisotopic (exact) mass is 275 g/mol. The number of hydrogen-bond acceptors (Lipinski definition) is 4. The molecule has 7 heteroatoms. The largest absolute Gasteiger partial charge is 0.314 e. The number of nitro groups is 1. The van der Waals surface area contributed by atoms with Crippen molar-refractivity contribution in [2.45, 2.75) is 6.54 Å². The Morgan fingerprint density at radius 3 is 2.61 bits per heavy atom. The number of non-ortho nitro benzene ring substituents is 1. The third-order valence-corrected chi connectivity index (χ3v) is 2.85. The Hall–Kier alpha value is -1.24. The van der Waals surface area contributed by atoms with Crippen LogP contribution in [0.25, 0.3) is 0 Å². The maximum absolute atomic E-state index is 13.6. The molecule has 1 fully saturated rings. The molecule has 1 aromatic carbocycles. The molecule has 100 valence electrons. The Labute approximate surface area is 111 Å². The maximum atomic E-state index is 13.6. The van der Waals surface area contributed by atoms with Gasteiger partial charge in [0.1, 0.15) is 5.82 Å². The molecule has 5 nitrogen and oxygen atoms in total. The predicted octanol–water partition coefficient (Wildman–Crippen LogP) is 1.56. The zero-order chi connectivity index (χ0) is 12.3. The second-order valence-corrected chi connectivity index (χ2v) is 4.06. The lowest BCUT2D eigenvalue weighted by Gasteiger charge is -2.27. The van der Waals surface area contributed by atoms with Gasteiger partial charge in [-0.3, -0.25) is 15.0 Å². The van der Waals surface area contributed by atoms with Crippen LogP contribution in [0.4, 0.5) is 10.1 Å². The Kier molecular flexibility index (Phi) is 5.46. The van der Waals surface area contributed by atoms with Crippen molar-refractivity contribution in [2.75, 3.05) is 26.2 Å². The molecule has 1 heterocycles.